The molecule has 0 aliphatic carbocycles. The lowest BCUT2D eigenvalue weighted by Gasteiger charge is -2.20. The van der Waals surface area contributed by atoms with Crippen LogP contribution in [0.1, 0.15) is 18.6 Å². The van der Waals surface area contributed by atoms with Crippen LogP contribution in [-0.2, 0) is 0 Å². The Labute approximate surface area is 114 Å². The van der Waals surface area contributed by atoms with Crippen molar-refractivity contribution in [3.63, 3.8) is 0 Å². The van der Waals surface area contributed by atoms with Crippen LogP contribution in [0.2, 0.25) is 0 Å². The van der Waals surface area contributed by atoms with E-state index in [4.69, 9.17) is 4.74 Å². The zero-order chi connectivity index (χ0) is 13.8. The van der Waals surface area contributed by atoms with Gasteiger partial charge in [0.2, 0.25) is 0 Å². The highest BCUT2D eigenvalue weighted by atomic mass is 16.5. The summed E-state index contributed by atoms with van der Waals surface area (Å²) < 4.78 is 5.23. The third kappa shape index (κ3) is 3.06. The number of aliphatic hydroxyl groups excluding tert-OH is 1. The van der Waals surface area contributed by atoms with Crippen LogP contribution in [0.4, 0.5) is 11.4 Å². The van der Waals surface area contributed by atoms with Gasteiger partial charge in [-0.3, -0.25) is 0 Å². The molecule has 0 unspecified atom stereocenters. The molecule has 2 rings (SSSR count). The number of aliphatic hydroxyl groups is 1. The quantitative estimate of drug-likeness (QED) is 0.909. The molecule has 0 radical (unpaired) electrons. The van der Waals surface area contributed by atoms with E-state index in [9.17, 15) is 5.11 Å². The van der Waals surface area contributed by atoms with Gasteiger partial charge in [0.25, 0.3) is 0 Å². The van der Waals surface area contributed by atoms with E-state index in [-0.39, 0.29) is 0 Å². The summed E-state index contributed by atoms with van der Waals surface area (Å²) >= 11 is 0. The molecule has 1 N–H and O–H groups in total. The average Bonchev–Trinajstić information content (AvgIpc) is 2.46. The summed E-state index contributed by atoms with van der Waals surface area (Å²) in [6.07, 6.45) is -0.434. The molecule has 0 spiro atoms. The molecule has 2 aromatic rings. The van der Waals surface area contributed by atoms with Gasteiger partial charge in [-0.25, -0.2) is 0 Å². The first-order chi connectivity index (χ1) is 9.11. The molecule has 0 bridgehead atoms. The standard InChI is InChI=1S/C16H19NO2/c1-12(18)13-7-9-14(10-8-13)17(2)15-5-4-6-16(11-15)19-3/h4-12,18H,1-3H3/t12-/m0/s1. The largest absolute Gasteiger partial charge is 0.497 e. The normalized spacial score (nSPS) is 12.0. The predicted molar refractivity (Wildman–Crippen MR) is 78.1 cm³/mol. The Morgan fingerprint density at radius 3 is 2.32 bits per heavy atom. The molecular weight excluding hydrogens is 238 g/mol. The Hall–Kier alpha value is -2.00. The average molecular weight is 257 g/mol. The molecule has 3 nitrogen and oxygen atoms in total. The van der Waals surface area contributed by atoms with Crippen LogP contribution in [-0.4, -0.2) is 19.3 Å². The van der Waals surface area contributed by atoms with Crippen molar-refractivity contribution in [2.45, 2.75) is 13.0 Å². The lowest BCUT2D eigenvalue weighted by molar-refractivity contribution is 0.199. The van der Waals surface area contributed by atoms with Gasteiger partial charge in [-0.2, -0.15) is 0 Å². The third-order valence-corrected chi connectivity index (χ3v) is 3.20. The van der Waals surface area contributed by atoms with Crippen LogP contribution in [0.5, 0.6) is 5.75 Å². The number of ether oxygens (including phenoxy) is 1. The summed E-state index contributed by atoms with van der Waals surface area (Å²) in [6.45, 7) is 1.76. The number of anilines is 2. The fraction of sp³-hybridized carbons (Fsp3) is 0.250. The van der Waals surface area contributed by atoms with Crippen molar-refractivity contribution < 1.29 is 9.84 Å². The van der Waals surface area contributed by atoms with E-state index in [0.717, 1.165) is 22.7 Å². The second kappa shape index (κ2) is 5.76. The van der Waals surface area contributed by atoms with E-state index in [1.165, 1.54) is 0 Å². The number of nitrogens with zero attached hydrogens (tertiary/aromatic N) is 1. The van der Waals surface area contributed by atoms with Gasteiger partial charge in [0.1, 0.15) is 5.75 Å². The predicted octanol–water partition coefficient (Wildman–Crippen LogP) is 3.52. The highest BCUT2D eigenvalue weighted by Gasteiger charge is 2.06. The maximum atomic E-state index is 9.51. The lowest BCUT2D eigenvalue weighted by atomic mass is 10.1. The number of hydrogen-bond donors (Lipinski definition) is 1. The number of rotatable bonds is 4. The van der Waals surface area contributed by atoms with Crippen LogP contribution in [0, 0.1) is 0 Å². The first-order valence-electron chi connectivity index (χ1n) is 6.27. The summed E-state index contributed by atoms with van der Waals surface area (Å²) in [7, 11) is 3.67. The molecule has 0 fully saturated rings. The van der Waals surface area contributed by atoms with Crippen molar-refractivity contribution in [3.8, 4) is 5.75 Å². The Balaban J connectivity index is 2.25. The highest BCUT2D eigenvalue weighted by molar-refractivity contribution is 5.64. The minimum absolute atomic E-state index is 0.434. The first-order valence-corrected chi connectivity index (χ1v) is 6.27. The summed E-state index contributed by atoms with van der Waals surface area (Å²) in [5.74, 6) is 0.838. The van der Waals surface area contributed by atoms with Crippen LogP contribution < -0.4 is 9.64 Å². The molecule has 0 heterocycles. The van der Waals surface area contributed by atoms with E-state index in [1.807, 2.05) is 55.6 Å². The number of hydrogen-bond acceptors (Lipinski definition) is 3. The van der Waals surface area contributed by atoms with Gasteiger partial charge in [-0.1, -0.05) is 18.2 Å². The zero-order valence-electron chi connectivity index (χ0n) is 11.5. The van der Waals surface area contributed by atoms with E-state index < -0.39 is 6.10 Å². The van der Waals surface area contributed by atoms with E-state index in [2.05, 4.69) is 4.90 Å². The summed E-state index contributed by atoms with van der Waals surface area (Å²) in [5, 5.41) is 9.51. The Morgan fingerprint density at radius 2 is 1.74 bits per heavy atom. The van der Waals surface area contributed by atoms with Crippen molar-refractivity contribution in [1.29, 1.82) is 0 Å². The lowest BCUT2D eigenvalue weighted by Crippen LogP contribution is -2.09. The SMILES string of the molecule is COc1cccc(N(C)c2ccc([C@H](C)O)cc2)c1. The van der Waals surface area contributed by atoms with Gasteiger partial charge < -0.3 is 14.7 Å². The molecule has 1 atom stereocenters. The van der Waals surface area contributed by atoms with Gasteiger partial charge in [-0.05, 0) is 36.8 Å². The summed E-state index contributed by atoms with van der Waals surface area (Å²) in [6, 6.07) is 15.8. The van der Waals surface area contributed by atoms with Crippen LogP contribution in [0.25, 0.3) is 0 Å². The van der Waals surface area contributed by atoms with E-state index >= 15 is 0 Å². The number of methoxy groups -OCH3 is 1. The highest BCUT2D eigenvalue weighted by Crippen LogP contribution is 2.27. The molecule has 2 aromatic carbocycles. The Morgan fingerprint density at radius 1 is 1.05 bits per heavy atom. The molecule has 0 saturated heterocycles. The minimum Gasteiger partial charge on any atom is -0.497 e. The molecule has 19 heavy (non-hydrogen) atoms. The maximum Gasteiger partial charge on any atom is 0.120 e. The molecule has 0 aliphatic rings. The van der Waals surface area contributed by atoms with Gasteiger partial charge in [0, 0.05) is 24.5 Å². The van der Waals surface area contributed by atoms with Crippen LogP contribution >= 0.6 is 0 Å². The van der Waals surface area contributed by atoms with Crippen molar-refractivity contribution in [2.75, 3.05) is 19.1 Å². The van der Waals surface area contributed by atoms with Crippen molar-refractivity contribution in [2.24, 2.45) is 0 Å². The maximum absolute atomic E-state index is 9.51. The molecule has 0 aliphatic heterocycles. The van der Waals surface area contributed by atoms with Crippen LogP contribution in [0.15, 0.2) is 48.5 Å². The molecule has 100 valence electrons. The van der Waals surface area contributed by atoms with Crippen molar-refractivity contribution in [3.05, 3.63) is 54.1 Å². The monoisotopic (exact) mass is 257 g/mol. The Kier molecular flexibility index (Phi) is 4.07. The summed E-state index contributed by atoms with van der Waals surface area (Å²) in [4.78, 5) is 2.08. The van der Waals surface area contributed by atoms with E-state index in [0.29, 0.717) is 0 Å². The van der Waals surface area contributed by atoms with E-state index in [1.54, 1.807) is 14.0 Å². The van der Waals surface area contributed by atoms with Crippen molar-refractivity contribution >= 4 is 11.4 Å². The second-order valence-electron chi connectivity index (χ2n) is 4.53. The fourth-order valence-electron chi connectivity index (χ4n) is 1.94. The molecule has 3 heteroatoms. The molecular formula is C16H19NO2. The van der Waals surface area contributed by atoms with Gasteiger partial charge in [0.15, 0.2) is 0 Å². The molecule has 0 amide bonds. The smallest absolute Gasteiger partial charge is 0.120 e. The summed E-state index contributed by atoms with van der Waals surface area (Å²) in [5.41, 5.74) is 3.05. The second-order valence-corrected chi connectivity index (χ2v) is 4.53. The zero-order valence-corrected chi connectivity index (χ0v) is 11.5. The molecule has 0 saturated carbocycles. The Bertz CT molecular complexity index is 535. The first kappa shape index (κ1) is 13.4. The van der Waals surface area contributed by atoms with Crippen LogP contribution in [0.3, 0.4) is 0 Å². The minimum atomic E-state index is -0.434. The third-order valence-electron chi connectivity index (χ3n) is 3.20. The molecule has 0 aromatic heterocycles. The fourth-order valence-corrected chi connectivity index (χ4v) is 1.94. The van der Waals surface area contributed by atoms with Crippen molar-refractivity contribution in [1.82, 2.24) is 0 Å². The van der Waals surface area contributed by atoms with Gasteiger partial charge >= 0.3 is 0 Å². The van der Waals surface area contributed by atoms with Gasteiger partial charge in [0.05, 0.1) is 13.2 Å². The number of benzene rings is 2. The topological polar surface area (TPSA) is 32.7 Å². The van der Waals surface area contributed by atoms with Gasteiger partial charge in [-0.15, -0.1) is 0 Å².